The molecule has 1 amide bonds. The van der Waals surface area contributed by atoms with Crippen molar-refractivity contribution in [3.8, 4) is 11.1 Å². The topological polar surface area (TPSA) is 45.2 Å². The van der Waals surface area contributed by atoms with Crippen molar-refractivity contribution < 1.29 is 4.79 Å². The van der Waals surface area contributed by atoms with E-state index in [-0.39, 0.29) is 11.9 Å². The summed E-state index contributed by atoms with van der Waals surface area (Å²) < 4.78 is 0. The van der Waals surface area contributed by atoms with Gasteiger partial charge in [0.2, 0.25) is 5.91 Å². The van der Waals surface area contributed by atoms with Crippen LogP contribution in [0.4, 0.5) is 0 Å². The molecule has 0 aliphatic carbocycles. The lowest BCUT2D eigenvalue weighted by Gasteiger charge is -2.22. The quantitative estimate of drug-likeness (QED) is 0.890. The van der Waals surface area contributed by atoms with Crippen molar-refractivity contribution in [2.45, 2.75) is 32.9 Å². The van der Waals surface area contributed by atoms with Crippen molar-refractivity contribution in [1.29, 1.82) is 0 Å². The molecule has 0 bridgehead atoms. The molecular weight excluding hydrogens is 286 g/mol. The van der Waals surface area contributed by atoms with Gasteiger partial charge in [-0.25, -0.2) is 0 Å². The van der Waals surface area contributed by atoms with Crippen LogP contribution in [0, 0.1) is 0 Å². The fourth-order valence-corrected chi connectivity index (χ4v) is 2.28. The van der Waals surface area contributed by atoms with Crippen LogP contribution in [0.3, 0.4) is 0 Å². The van der Waals surface area contributed by atoms with Crippen molar-refractivity contribution in [2.75, 3.05) is 13.6 Å². The van der Waals surface area contributed by atoms with Gasteiger partial charge in [0.25, 0.3) is 0 Å². The van der Waals surface area contributed by atoms with E-state index < -0.39 is 0 Å². The van der Waals surface area contributed by atoms with Crippen LogP contribution in [0.25, 0.3) is 11.1 Å². The Morgan fingerprint density at radius 3 is 2.39 bits per heavy atom. The number of hydrogen-bond donors (Lipinski definition) is 1. The first-order chi connectivity index (χ1) is 11.0. The zero-order chi connectivity index (χ0) is 16.8. The number of nitrogens with one attached hydrogen (secondary N) is 1. The summed E-state index contributed by atoms with van der Waals surface area (Å²) in [5, 5.41) is 3.05. The van der Waals surface area contributed by atoms with Crippen LogP contribution in [0.1, 0.15) is 32.4 Å². The van der Waals surface area contributed by atoms with Crippen LogP contribution >= 0.6 is 0 Å². The van der Waals surface area contributed by atoms with E-state index in [1.54, 1.807) is 6.20 Å². The summed E-state index contributed by atoms with van der Waals surface area (Å²) in [5.74, 6) is 0.0463. The largest absolute Gasteiger partial charge is 0.348 e. The maximum absolute atomic E-state index is 12.1. The lowest BCUT2D eigenvalue weighted by Crippen LogP contribution is -2.39. The average molecular weight is 311 g/mol. The first-order valence-corrected chi connectivity index (χ1v) is 7.97. The maximum atomic E-state index is 12.1. The Kier molecular flexibility index (Phi) is 5.88. The van der Waals surface area contributed by atoms with Gasteiger partial charge in [-0.3, -0.25) is 14.7 Å². The van der Waals surface area contributed by atoms with E-state index in [0.29, 0.717) is 12.6 Å². The number of carbonyl (C=O) groups is 1. The van der Waals surface area contributed by atoms with Crippen molar-refractivity contribution in [1.82, 2.24) is 15.2 Å². The number of likely N-dealkylation sites (N-methyl/N-ethyl adjacent to an activating group) is 1. The summed E-state index contributed by atoms with van der Waals surface area (Å²) in [7, 11) is 1.96. The Morgan fingerprint density at radius 1 is 1.13 bits per heavy atom. The van der Waals surface area contributed by atoms with E-state index in [1.165, 1.54) is 0 Å². The molecule has 4 nitrogen and oxygen atoms in total. The number of benzene rings is 1. The molecule has 1 heterocycles. The van der Waals surface area contributed by atoms with Gasteiger partial charge in [0.1, 0.15) is 0 Å². The first-order valence-electron chi connectivity index (χ1n) is 7.97. The Balaban J connectivity index is 1.98. The van der Waals surface area contributed by atoms with Gasteiger partial charge < -0.3 is 5.32 Å². The SMILES string of the molecule is CC(C)N(C)CC(=O)N[C@@H](C)c1ccc(-c2cccnc2)cc1. The molecule has 0 saturated carbocycles. The van der Waals surface area contributed by atoms with E-state index in [4.69, 9.17) is 0 Å². The molecule has 122 valence electrons. The first kappa shape index (κ1) is 17.2. The van der Waals surface area contributed by atoms with Gasteiger partial charge in [-0.05, 0) is 50.6 Å². The van der Waals surface area contributed by atoms with E-state index >= 15 is 0 Å². The second-order valence-electron chi connectivity index (χ2n) is 6.16. The van der Waals surface area contributed by atoms with E-state index in [2.05, 4.69) is 48.4 Å². The summed E-state index contributed by atoms with van der Waals surface area (Å²) in [6.45, 7) is 6.57. The Hall–Kier alpha value is -2.20. The molecule has 0 aliphatic rings. The number of amides is 1. The van der Waals surface area contributed by atoms with Crippen LogP contribution in [0.2, 0.25) is 0 Å². The van der Waals surface area contributed by atoms with Crippen LogP contribution in [0.5, 0.6) is 0 Å². The van der Waals surface area contributed by atoms with Crippen LogP contribution in [-0.2, 0) is 4.79 Å². The highest BCUT2D eigenvalue weighted by molar-refractivity contribution is 5.78. The molecule has 0 spiro atoms. The highest BCUT2D eigenvalue weighted by Crippen LogP contribution is 2.21. The minimum atomic E-state index is -0.00832. The number of rotatable bonds is 6. The molecular formula is C19H25N3O. The number of pyridine rings is 1. The van der Waals surface area contributed by atoms with Crippen molar-refractivity contribution in [3.63, 3.8) is 0 Å². The number of carbonyl (C=O) groups excluding carboxylic acids is 1. The van der Waals surface area contributed by atoms with Gasteiger partial charge in [-0.1, -0.05) is 30.3 Å². The molecule has 0 radical (unpaired) electrons. The molecule has 23 heavy (non-hydrogen) atoms. The third kappa shape index (κ3) is 4.89. The lowest BCUT2D eigenvalue weighted by atomic mass is 10.0. The highest BCUT2D eigenvalue weighted by atomic mass is 16.2. The van der Waals surface area contributed by atoms with E-state index in [9.17, 15) is 4.79 Å². The van der Waals surface area contributed by atoms with E-state index in [0.717, 1.165) is 16.7 Å². The Labute approximate surface area is 138 Å². The third-order valence-corrected chi connectivity index (χ3v) is 4.06. The molecule has 1 N–H and O–H groups in total. The molecule has 1 aromatic carbocycles. The van der Waals surface area contributed by atoms with Gasteiger partial charge in [0, 0.05) is 18.4 Å². The summed E-state index contributed by atoms with van der Waals surface area (Å²) in [6.07, 6.45) is 3.62. The second-order valence-corrected chi connectivity index (χ2v) is 6.16. The zero-order valence-corrected chi connectivity index (χ0v) is 14.3. The summed E-state index contributed by atoms with van der Waals surface area (Å²) in [6, 6.07) is 12.6. The highest BCUT2D eigenvalue weighted by Gasteiger charge is 2.13. The summed E-state index contributed by atoms with van der Waals surface area (Å²) in [5.41, 5.74) is 3.31. The van der Waals surface area contributed by atoms with Gasteiger partial charge in [-0.15, -0.1) is 0 Å². The number of nitrogens with zero attached hydrogens (tertiary/aromatic N) is 2. The smallest absolute Gasteiger partial charge is 0.234 e. The van der Waals surface area contributed by atoms with Gasteiger partial charge >= 0.3 is 0 Å². The van der Waals surface area contributed by atoms with Gasteiger partial charge in [-0.2, -0.15) is 0 Å². The number of aromatic nitrogens is 1. The lowest BCUT2D eigenvalue weighted by molar-refractivity contribution is -0.122. The van der Waals surface area contributed by atoms with Crippen LogP contribution < -0.4 is 5.32 Å². The van der Waals surface area contributed by atoms with Gasteiger partial charge in [0.05, 0.1) is 12.6 Å². The van der Waals surface area contributed by atoms with Crippen molar-refractivity contribution in [2.24, 2.45) is 0 Å². The average Bonchev–Trinajstić information content (AvgIpc) is 2.55. The van der Waals surface area contributed by atoms with Crippen LogP contribution in [-0.4, -0.2) is 35.4 Å². The molecule has 0 fully saturated rings. The minimum Gasteiger partial charge on any atom is -0.348 e. The predicted octanol–water partition coefficient (Wildman–Crippen LogP) is 3.27. The Bertz CT molecular complexity index is 623. The molecule has 0 aliphatic heterocycles. The van der Waals surface area contributed by atoms with Crippen molar-refractivity contribution in [3.05, 3.63) is 54.4 Å². The standard InChI is InChI=1S/C19H25N3O/c1-14(2)22(4)13-19(23)21-15(3)16-7-9-17(10-8-16)18-6-5-11-20-12-18/h5-12,14-15H,13H2,1-4H3,(H,21,23)/t15-/m0/s1. The monoisotopic (exact) mass is 311 g/mol. The summed E-state index contributed by atoms with van der Waals surface area (Å²) in [4.78, 5) is 18.2. The fourth-order valence-electron chi connectivity index (χ4n) is 2.28. The molecule has 0 saturated heterocycles. The minimum absolute atomic E-state index is 0.00832. The number of hydrogen-bond acceptors (Lipinski definition) is 3. The Morgan fingerprint density at radius 2 is 1.83 bits per heavy atom. The molecule has 1 atom stereocenters. The normalized spacial score (nSPS) is 12.4. The molecule has 2 rings (SSSR count). The second kappa shape index (κ2) is 7.88. The van der Waals surface area contributed by atoms with Crippen molar-refractivity contribution >= 4 is 5.91 Å². The molecule has 0 unspecified atom stereocenters. The molecule has 4 heteroatoms. The zero-order valence-electron chi connectivity index (χ0n) is 14.3. The molecule has 1 aromatic heterocycles. The summed E-state index contributed by atoms with van der Waals surface area (Å²) >= 11 is 0. The van der Waals surface area contributed by atoms with Crippen LogP contribution in [0.15, 0.2) is 48.8 Å². The van der Waals surface area contributed by atoms with E-state index in [1.807, 2.05) is 37.2 Å². The predicted molar refractivity (Wildman–Crippen MR) is 94.0 cm³/mol. The maximum Gasteiger partial charge on any atom is 0.234 e. The third-order valence-electron chi connectivity index (χ3n) is 4.06. The van der Waals surface area contributed by atoms with Gasteiger partial charge in [0.15, 0.2) is 0 Å². The fraction of sp³-hybridized carbons (Fsp3) is 0.368. The molecule has 2 aromatic rings.